The molecular formula is C12H26N2S. The molecule has 0 aromatic heterocycles. The summed E-state index contributed by atoms with van der Waals surface area (Å²) in [5, 5.41) is 0. The normalized spacial score (nSPS) is 24.4. The highest BCUT2D eigenvalue weighted by molar-refractivity contribution is 8.00. The van der Waals surface area contributed by atoms with Crippen LogP contribution in [0.5, 0.6) is 0 Å². The second-order valence-corrected chi connectivity index (χ2v) is 7.38. The molecule has 1 atom stereocenters. The van der Waals surface area contributed by atoms with Crippen molar-refractivity contribution in [1.82, 2.24) is 4.90 Å². The highest BCUT2D eigenvalue weighted by atomic mass is 32.2. The highest BCUT2D eigenvalue weighted by Crippen LogP contribution is 2.29. The second kappa shape index (κ2) is 5.55. The summed E-state index contributed by atoms with van der Waals surface area (Å²) in [6, 6.07) is 0.364. The van der Waals surface area contributed by atoms with Gasteiger partial charge in [-0.05, 0) is 32.7 Å². The summed E-state index contributed by atoms with van der Waals surface area (Å²) in [7, 11) is 0. The van der Waals surface area contributed by atoms with Crippen molar-refractivity contribution in [3.63, 3.8) is 0 Å². The molecule has 0 bridgehead atoms. The minimum absolute atomic E-state index is 0.364. The Hall–Kier alpha value is 0.270. The number of nitrogens with zero attached hydrogens (tertiary/aromatic N) is 1. The first-order valence-electron chi connectivity index (χ1n) is 6.02. The van der Waals surface area contributed by atoms with E-state index in [0.29, 0.717) is 16.7 Å². The van der Waals surface area contributed by atoms with Crippen LogP contribution in [0, 0.1) is 5.92 Å². The standard InChI is InChI=1S/C12H26N2S/c1-10(2)11(13)5-6-14-7-8-15-12(3,4)9-14/h10-11H,5-9,13H2,1-4H3. The van der Waals surface area contributed by atoms with Gasteiger partial charge in [-0.1, -0.05) is 13.8 Å². The third-order valence-corrected chi connectivity index (χ3v) is 4.44. The van der Waals surface area contributed by atoms with E-state index in [1.54, 1.807) is 0 Å². The predicted molar refractivity (Wildman–Crippen MR) is 70.4 cm³/mol. The van der Waals surface area contributed by atoms with Gasteiger partial charge < -0.3 is 10.6 Å². The van der Waals surface area contributed by atoms with E-state index in [9.17, 15) is 0 Å². The van der Waals surface area contributed by atoms with Crippen molar-refractivity contribution < 1.29 is 0 Å². The van der Waals surface area contributed by atoms with E-state index in [-0.39, 0.29) is 0 Å². The van der Waals surface area contributed by atoms with Gasteiger partial charge >= 0.3 is 0 Å². The Labute approximate surface area is 99.0 Å². The minimum Gasteiger partial charge on any atom is -0.327 e. The number of thioether (sulfide) groups is 1. The average Bonchev–Trinajstić information content (AvgIpc) is 2.12. The van der Waals surface area contributed by atoms with Crippen LogP contribution in [0.3, 0.4) is 0 Å². The van der Waals surface area contributed by atoms with Crippen molar-refractivity contribution in [3.05, 3.63) is 0 Å². The largest absolute Gasteiger partial charge is 0.327 e. The van der Waals surface area contributed by atoms with Gasteiger partial charge in [-0.3, -0.25) is 0 Å². The van der Waals surface area contributed by atoms with Gasteiger partial charge in [0.05, 0.1) is 0 Å². The molecule has 15 heavy (non-hydrogen) atoms. The third-order valence-electron chi connectivity index (χ3n) is 3.14. The zero-order valence-electron chi connectivity index (χ0n) is 10.6. The molecule has 0 spiro atoms. The zero-order chi connectivity index (χ0) is 11.5. The molecular weight excluding hydrogens is 204 g/mol. The van der Waals surface area contributed by atoms with Crippen molar-refractivity contribution >= 4 is 11.8 Å². The van der Waals surface area contributed by atoms with Gasteiger partial charge in [0.2, 0.25) is 0 Å². The number of hydrogen-bond acceptors (Lipinski definition) is 3. The van der Waals surface area contributed by atoms with E-state index in [1.165, 1.54) is 25.4 Å². The van der Waals surface area contributed by atoms with Crippen LogP contribution in [-0.2, 0) is 0 Å². The Morgan fingerprint density at radius 3 is 2.60 bits per heavy atom. The SMILES string of the molecule is CC(C)C(N)CCN1CCSC(C)(C)C1. The predicted octanol–water partition coefficient (Wildman–Crippen LogP) is 2.19. The summed E-state index contributed by atoms with van der Waals surface area (Å²) in [4.78, 5) is 2.57. The van der Waals surface area contributed by atoms with Gasteiger partial charge in [-0.2, -0.15) is 11.8 Å². The summed E-state index contributed by atoms with van der Waals surface area (Å²) in [6.45, 7) is 12.7. The first-order chi connectivity index (χ1) is 6.91. The molecule has 0 amide bonds. The number of rotatable bonds is 4. The summed E-state index contributed by atoms with van der Waals surface area (Å²) in [5.41, 5.74) is 6.07. The van der Waals surface area contributed by atoms with Crippen LogP contribution in [0.4, 0.5) is 0 Å². The lowest BCUT2D eigenvalue weighted by Gasteiger charge is -2.38. The van der Waals surface area contributed by atoms with E-state index < -0.39 is 0 Å². The van der Waals surface area contributed by atoms with Crippen LogP contribution >= 0.6 is 11.8 Å². The van der Waals surface area contributed by atoms with E-state index >= 15 is 0 Å². The molecule has 1 aliphatic rings. The molecule has 2 nitrogen and oxygen atoms in total. The molecule has 0 aromatic rings. The smallest absolute Gasteiger partial charge is 0.0231 e. The third kappa shape index (κ3) is 4.75. The summed E-state index contributed by atoms with van der Waals surface area (Å²) in [6.07, 6.45) is 1.14. The Bertz CT molecular complexity index is 192. The van der Waals surface area contributed by atoms with Crippen molar-refractivity contribution in [2.45, 2.75) is 44.9 Å². The molecule has 1 heterocycles. The zero-order valence-corrected chi connectivity index (χ0v) is 11.4. The van der Waals surface area contributed by atoms with Crippen molar-refractivity contribution in [1.29, 1.82) is 0 Å². The van der Waals surface area contributed by atoms with Crippen molar-refractivity contribution in [3.8, 4) is 0 Å². The fraction of sp³-hybridized carbons (Fsp3) is 1.00. The van der Waals surface area contributed by atoms with Crippen LogP contribution in [0.1, 0.15) is 34.1 Å². The Balaban J connectivity index is 2.27. The summed E-state index contributed by atoms with van der Waals surface area (Å²) < 4.78 is 0.431. The van der Waals surface area contributed by atoms with Gasteiger partial charge in [-0.15, -0.1) is 0 Å². The van der Waals surface area contributed by atoms with E-state index in [0.717, 1.165) is 6.42 Å². The van der Waals surface area contributed by atoms with Gasteiger partial charge in [0, 0.05) is 29.6 Å². The minimum atomic E-state index is 0.364. The molecule has 0 aromatic carbocycles. The lowest BCUT2D eigenvalue weighted by molar-refractivity contribution is 0.243. The van der Waals surface area contributed by atoms with Crippen LogP contribution in [-0.4, -0.2) is 41.1 Å². The maximum atomic E-state index is 6.07. The summed E-state index contributed by atoms with van der Waals surface area (Å²) in [5.74, 6) is 1.88. The van der Waals surface area contributed by atoms with Crippen molar-refractivity contribution in [2.24, 2.45) is 11.7 Å². The fourth-order valence-corrected chi connectivity index (χ4v) is 3.15. The van der Waals surface area contributed by atoms with Crippen molar-refractivity contribution in [2.75, 3.05) is 25.4 Å². The van der Waals surface area contributed by atoms with Crippen LogP contribution < -0.4 is 5.73 Å². The molecule has 0 aliphatic carbocycles. The monoisotopic (exact) mass is 230 g/mol. The molecule has 90 valence electrons. The van der Waals surface area contributed by atoms with E-state index in [4.69, 9.17) is 5.73 Å². The quantitative estimate of drug-likeness (QED) is 0.803. The lowest BCUT2D eigenvalue weighted by Crippen LogP contribution is -2.44. The van der Waals surface area contributed by atoms with Gasteiger partial charge in [0.25, 0.3) is 0 Å². The number of hydrogen-bond donors (Lipinski definition) is 1. The molecule has 1 saturated heterocycles. The summed E-state index contributed by atoms with van der Waals surface area (Å²) >= 11 is 2.09. The van der Waals surface area contributed by atoms with E-state index in [1.807, 2.05) is 0 Å². The molecule has 1 unspecified atom stereocenters. The molecule has 0 radical (unpaired) electrons. The van der Waals surface area contributed by atoms with Crippen LogP contribution in [0.15, 0.2) is 0 Å². The second-order valence-electron chi connectivity index (χ2n) is 5.58. The Kier molecular flexibility index (Phi) is 4.94. The molecule has 1 rings (SSSR count). The first kappa shape index (κ1) is 13.3. The molecule has 1 fully saturated rings. The Morgan fingerprint density at radius 2 is 2.07 bits per heavy atom. The van der Waals surface area contributed by atoms with Gasteiger partial charge in [-0.25, -0.2) is 0 Å². The first-order valence-corrected chi connectivity index (χ1v) is 7.01. The molecule has 3 heteroatoms. The number of nitrogens with two attached hydrogens (primary N) is 1. The molecule has 0 saturated carbocycles. The lowest BCUT2D eigenvalue weighted by atomic mass is 10.0. The van der Waals surface area contributed by atoms with Gasteiger partial charge in [0.1, 0.15) is 0 Å². The van der Waals surface area contributed by atoms with E-state index in [2.05, 4.69) is 44.4 Å². The molecule has 1 aliphatic heterocycles. The van der Waals surface area contributed by atoms with Gasteiger partial charge in [0.15, 0.2) is 0 Å². The highest BCUT2D eigenvalue weighted by Gasteiger charge is 2.26. The average molecular weight is 230 g/mol. The fourth-order valence-electron chi connectivity index (χ4n) is 1.97. The maximum absolute atomic E-state index is 6.07. The van der Waals surface area contributed by atoms with Crippen LogP contribution in [0.25, 0.3) is 0 Å². The maximum Gasteiger partial charge on any atom is 0.0231 e. The molecule has 2 N–H and O–H groups in total. The topological polar surface area (TPSA) is 29.3 Å². The Morgan fingerprint density at radius 1 is 1.40 bits per heavy atom. The van der Waals surface area contributed by atoms with Crippen LogP contribution in [0.2, 0.25) is 0 Å².